The van der Waals surface area contributed by atoms with Gasteiger partial charge < -0.3 is 15.4 Å². The minimum atomic E-state index is -0.153. The molecule has 1 saturated heterocycles. The SMILES string of the molecule is CCNC1COCC1C(=O)Nc1ccc(C)c(Cl)c1. The van der Waals surface area contributed by atoms with Gasteiger partial charge in [0.15, 0.2) is 0 Å². The van der Waals surface area contributed by atoms with E-state index in [1.54, 1.807) is 6.07 Å². The monoisotopic (exact) mass is 282 g/mol. The van der Waals surface area contributed by atoms with Crippen LogP contribution in [0.4, 0.5) is 5.69 Å². The van der Waals surface area contributed by atoms with Gasteiger partial charge in [-0.25, -0.2) is 0 Å². The highest BCUT2D eigenvalue weighted by Crippen LogP contribution is 2.22. The fourth-order valence-electron chi connectivity index (χ4n) is 2.18. The third-order valence-corrected chi connectivity index (χ3v) is 3.73. The quantitative estimate of drug-likeness (QED) is 0.890. The van der Waals surface area contributed by atoms with Gasteiger partial charge >= 0.3 is 0 Å². The van der Waals surface area contributed by atoms with Crippen molar-refractivity contribution in [3.63, 3.8) is 0 Å². The molecule has 2 atom stereocenters. The average molecular weight is 283 g/mol. The number of likely N-dealkylation sites (N-methyl/N-ethyl adjacent to an activating group) is 1. The second-order valence-corrected chi connectivity index (χ2v) is 5.17. The number of nitrogens with one attached hydrogen (secondary N) is 2. The van der Waals surface area contributed by atoms with E-state index in [0.717, 1.165) is 17.8 Å². The van der Waals surface area contributed by atoms with Gasteiger partial charge in [0.05, 0.1) is 19.1 Å². The molecule has 4 nitrogen and oxygen atoms in total. The maximum atomic E-state index is 12.2. The van der Waals surface area contributed by atoms with E-state index in [1.807, 2.05) is 26.0 Å². The summed E-state index contributed by atoms with van der Waals surface area (Å²) in [6, 6.07) is 5.61. The lowest BCUT2D eigenvalue weighted by Gasteiger charge is -2.18. The number of carbonyl (C=O) groups excluding carboxylic acids is 1. The molecule has 104 valence electrons. The van der Waals surface area contributed by atoms with E-state index in [0.29, 0.717) is 18.2 Å². The lowest BCUT2D eigenvalue weighted by Crippen LogP contribution is -2.41. The summed E-state index contributed by atoms with van der Waals surface area (Å²) in [7, 11) is 0. The van der Waals surface area contributed by atoms with E-state index in [-0.39, 0.29) is 17.9 Å². The van der Waals surface area contributed by atoms with E-state index < -0.39 is 0 Å². The van der Waals surface area contributed by atoms with Crippen LogP contribution in [0.15, 0.2) is 18.2 Å². The van der Waals surface area contributed by atoms with E-state index >= 15 is 0 Å². The van der Waals surface area contributed by atoms with Crippen LogP contribution in [0.5, 0.6) is 0 Å². The van der Waals surface area contributed by atoms with Crippen LogP contribution in [0.1, 0.15) is 12.5 Å². The van der Waals surface area contributed by atoms with Crippen LogP contribution in [-0.2, 0) is 9.53 Å². The molecule has 0 aliphatic carbocycles. The molecular formula is C14H19ClN2O2. The fourth-order valence-corrected chi connectivity index (χ4v) is 2.36. The van der Waals surface area contributed by atoms with Gasteiger partial charge in [0.1, 0.15) is 0 Å². The zero-order valence-electron chi connectivity index (χ0n) is 11.2. The molecule has 1 fully saturated rings. The van der Waals surface area contributed by atoms with Crippen molar-refractivity contribution in [2.45, 2.75) is 19.9 Å². The van der Waals surface area contributed by atoms with E-state index in [2.05, 4.69) is 10.6 Å². The molecule has 5 heteroatoms. The lowest BCUT2D eigenvalue weighted by molar-refractivity contribution is -0.120. The first-order valence-corrected chi connectivity index (χ1v) is 6.87. The number of rotatable bonds is 4. The standard InChI is InChI=1S/C14H19ClN2O2/c1-3-16-13-8-19-7-11(13)14(18)17-10-5-4-9(2)12(15)6-10/h4-6,11,13,16H,3,7-8H2,1-2H3,(H,17,18). The van der Waals surface area contributed by atoms with Crippen molar-refractivity contribution in [1.82, 2.24) is 5.32 Å². The highest BCUT2D eigenvalue weighted by atomic mass is 35.5. The molecule has 1 aliphatic rings. The van der Waals surface area contributed by atoms with Gasteiger partial charge in [-0.3, -0.25) is 4.79 Å². The fraction of sp³-hybridized carbons (Fsp3) is 0.500. The van der Waals surface area contributed by atoms with Crippen LogP contribution in [0.3, 0.4) is 0 Å². The summed E-state index contributed by atoms with van der Waals surface area (Å²) >= 11 is 6.05. The Kier molecular flexibility index (Phi) is 4.80. The largest absolute Gasteiger partial charge is 0.379 e. The van der Waals surface area contributed by atoms with Crippen LogP contribution in [0.2, 0.25) is 5.02 Å². The Bertz CT molecular complexity index is 465. The van der Waals surface area contributed by atoms with Crippen molar-refractivity contribution in [3.8, 4) is 0 Å². The smallest absolute Gasteiger partial charge is 0.231 e. The number of anilines is 1. The number of hydrogen-bond acceptors (Lipinski definition) is 3. The molecule has 1 aliphatic heterocycles. The molecule has 0 saturated carbocycles. The molecule has 1 amide bonds. The lowest BCUT2D eigenvalue weighted by atomic mass is 10.0. The van der Waals surface area contributed by atoms with Crippen molar-refractivity contribution in [2.24, 2.45) is 5.92 Å². The Morgan fingerprint density at radius 3 is 2.95 bits per heavy atom. The van der Waals surface area contributed by atoms with Crippen LogP contribution in [0.25, 0.3) is 0 Å². The Morgan fingerprint density at radius 2 is 2.26 bits per heavy atom. The number of halogens is 1. The highest BCUT2D eigenvalue weighted by Gasteiger charge is 2.33. The number of aryl methyl sites for hydroxylation is 1. The van der Waals surface area contributed by atoms with Gasteiger partial charge in [-0.15, -0.1) is 0 Å². The van der Waals surface area contributed by atoms with Crippen LogP contribution < -0.4 is 10.6 Å². The van der Waals surface area contributed by atoms with Gasteiger partial charge in [-0.1, -0.05) is 24.6 Å². The normalized spacial score (nSPS) is 22.5. The van der Waals surface area contributed by atoms with Gasteiger partial charge in [0, 0.05) is 16.8 Å². The van der Waals surface area contributed by atoms with Gasteiger partial charge in [0.25, 0.3) is 0 Å². The average Bonchev–Trinajstić information content (AvgIpc) is 2.83. The summed E-state index contributed by atoms with van der Waals surface area (Å²) in [4.78, 5) is 12.2. The predicted octanol–water partition coefficient (Wildman–Crippen LogP) is 2.21. The molecule has 1 aromatic rings. The van der Waals surface area contributed by atoms with Crippen LogP contribution >= 0.6 is 11.6 Å². The molecule has 2 rings (SSSR count). The minimum absolute atomic E-state index is 0.0247. The Morgan fingerprint density at radius 1 is 1.47 bits per heavy atom. The van der Waals surface area contributed by atoms with Gasteiger partial charge in [-0.05, 0) is 31.2 Å². The zero-order valence-corrected chi connectivity index (χ0v) is 12.0. The summed E-state index contributed by atoms with van der Waals surface area (Å²) < 4.78 is 5.37. The van der Waals surface area contributed by atoms with Crippen molar-refractivity contribution < 1.29 is 9.53 Å². The van der Waals surface area contributed by atoms with Crippen LogP contribution in [-0.4, -0.2) is 31.7 Å². The van der Waals surface area contributed by atoms with Crippen molar-refractivity contribution >= 4 is 23.2 Å². The molecule has 0 radical (unpaired) electrons. The second-order valence-electron chi connectivity index (χ2n) is 4.76. The van der Waals surface area contributed by atoms with Crippen molar-refractivity contribution in [1.29, 1.82) is 0 Å². The molecule has 2 unspecified atom stereocenters. The number of carbonyl (C=O) groups is 1. The molecule has 1 heterocycles. The summed E-state index contributed by atoms with van der Waals surface area (Å²) in [6.07, 6.45) is 0. The summed E-state index contributed by atoms with van der Waals surface area (Å²) in [5, 5.41) is 6.82. The van der Waals surface area contributed by atoms with Crippen LogP contribution in [0, 0.1) is 12.8 Å². The maximum Gasteiger partial charge on any atom is 0.231 e. The van der Waals surface area contributed by atoms with E-state index in [1.165, 1.54) is 0 Å². The Balaban J connectivity index is 2.02. The second kappa shape index (κ2) is 6.37. The summed E-state index contributed by atoms with van der Waals surface area (Å²) in [5.41, 5.74) is 1.72. The van der Waals surface area contributed by atoms with Gasteiger partial charge in [0.2, 0.25) is 5.91 Å². The molecule has 2 N–H and O–H groups in total. The topological polar surface area (TPSA) is 50.4 Å². The molecular weight excluding hydrogens is 264 g/mol. The first kappa shape index (κ1) is 14.3. The van der Waals surface area contributed by atoms with Crippen molar-refractivity contribution in [3.05, 3.63) is 28.8 Å². The first-order valence-electron chi connectivity index (χ1n) is 6.50. The van der Waals surface area contributed by atoms with E-state index in [4.69, 9.17) is 16.3 Å². The third-order valence-electron chi connectivity index (χ3n) is 3.32. The number of ether oxygens (including phenoxy) is 1. The van der Waals surface area contributed by atoms with Crippen molar-refractivity contribution in [2.75, 3.05) is 25.1 Å². The Hall–Kier alpha value is -1.10. The van der Waals surface area contributed by atoms with Gasteiger partial charge in [-0.2, -0.15) is 0 Å². The molecule has 19 heavy (non-hydrogen) atoms. The predicted molar refractivity (Wildman–Crippen MR) is 76.6 cm³/mol. The number of benzene rings is 1. The molecule has 1 aromatic carbocycles. The highest BCUT2D eigenvalue weighted by molar-refractivity contribution is 6.31. The Labute approximate surface area is 118 Å². The molecule has 0 aromatic heterocycles. The molecule has 0 bridgehead atoms. The summed E-state index contributed by atoms with van der Waals surface area (Å²) in [6.45, 7) is 5.82. The zero-order chi connectivity index (χ0) is 13.8. The number of amides is 1. The molecule has 0 spiro atoms. The third kappa shape index (κ3) is 3.47. The van der Waals surface area contributed by atoms with E-state index in [9.17, 15) is 4.79 Å². The minimum Gasteiger partial charge on any atom is -0.379 e. The first-order chi connectivity index (χ1) is 9.11. The maximum absolute atomic E-state index is 12.2. The summed E-state index contributed by atoms with van der Waals surface area (Å²) in [5.74, 6) is -0.177. The number of hydrogen-bond donors (Lipinski definition) is 2.